The van der Waals surface area contributed by atoms with Crippen molar-refractivity contribution in [1.82, 2.24) is 9.88 Å². The molecule has 1 aromatic rings. The summed E-state index contributed by atoms with van der Waals surface area (Å²) in [6.07, 6.45) is 3.60. The minimum absolute atomic E-state index is 0.564. The van der Waals surface area contributed by atoms with E-state index in [-0.39, 0.29) is 0 Å². The summed E-state index contributed by atoms with van der Waals surface area (Å²) in [6, 6.07) is 2.24. The van der Waals surface area contributed by atoms with E-state index in [1.807, 2.05) is 6.20 Å². The van der Waals surface area contributed by atoms with Crippen LogP contribution in [0.15, 0.2) is 12.3 Å². The molecule has 0 atom stereocenters. The number of carbonyl (C=O) groups is 1. The predicted molar refractivity (Wildman–Crippen MR) is 72.8 cm³/mol. The molecule has 0 spiro atoms. The molecule has 2 heterocycles. The summed E-state index contributed by atoms with van der Waals surface area (Å²) in [6.45, 7) is 4.68. The average Bonchev–Trinajstić information content (AvgIpc) is 3.23. The van der Waals surface area contributed by atoms with Crippen molar-refractivity contribution >= 4 is 11.9 Å². The van der Waals surface area contributed by atoms with Gasteiger partial charge in [-0.25, -0.2) is 9.78 Å². The van der Waals surface area contributed by atoms with Gasteiger partial charge < -0.3 is 14.9 Å². The molecule has 1 aliphatic carbocycles. The van der Waals surface area contributed by atoms with Crippen LogP contribution in [-0.4, -0.2) is 47.3 Å². The number of carboxylic acid groups (broad SMARTS) is 1. The summed E-state index contributed by atoms with van der Waals surface area (Å²) in [5, 5.41) is 8.98. The van der Waals surface area contributed by atoms with E-state index in [9.17, 15) is 4.79 Å². The monoisotopic (exact) mass is 261 g/mol. The zero-order valence-electron chi connectivity index (χ0n) is 11.2. The number of nitrogens with zero attached hydrogens (tertiary/aromatic N) is 3. The number of anilines is 1. The van der Waals surface area contributed by atoms with E-state index < -0.39 is 6.09 Å². The number of piperazine rings is 1. The molecule has 19 heavy (non-hydrogen) atoms. The standard InChI is InChI=1S/C14H19N3O2/c1-10-8-12(11-2-3-11)13(15-9-10)16-4-6-17(7-5-16)14(18)19/h8-9,11H,2-7H2,1H3,(H,18,19). The van der Waals surface area contributed by atoms with E-state index in [1.165, 1.54) is 28.9 Å². The molecular formula is C14H19N3O2. The molecule has 1 amide bonds. The van der Waals surface area contributed by atoms with Gasteiger partial charge in [0.25, 0.3) is 0 Å². The lowest BCUT2D eigenvalue weighted by Crippen LogP contribution is -2.48. The number of aryl methyl sites for hydroxylation is 1. The Balaban J connectivity index is 1.78. The van der Waals surface area contributed by atoms with Crippen LogP contribution in [0.25, 0.3) is 0 Å². The quantitative estimate of drug-likeness (QED) is 0.885. The molecular weight excluding hydrogens is 242 g/mol. The van der Waals surface area contributed by atoms with Crippen molar-refractivity contribution in [3.05, 3.63) is 23.4 Å². The Hall–Kier alpha value is -1.78. The zero-order valence-corrected chi connectivity index (χ0v) is 11.2. The number of amides is 1. The third-order valence-corrected chi connectivity index (χ3v) is 3.90. The van der Waals surface area contributed by atoms with E-state index in [1.54, 1.807) is 0 Å². The normalized spacial score (nSPS) is 19.6. The minimum Gasteiger partial charge on any atom is -0.465 e. The molecule has 1 aromatic heterocycles. The Labute approximate surface area is 112 Å². The van der Waals surface area contributed by atoms with Crippen molar-refractivity contribution in [3.8, 4) is 0 Å². The van der Waals surface area contributed by atoms with E-state index >= 15 is 0 Å². The van der Waals surface area contributed by atoms with Crippen molar-refractivity contribution in [2.45, 2.75) is 25.7 Å². The van der Waals surface area contributed by atoms with Gasteiger partial charge in [-0.3, -0.25) is 0 Å². The fourth-order valence-electron chi connectivity index (χ4n) is 2.65. The second-order valence-electron chi connectivity index (χ2n) is 5.46. The summed E-state index contributed by atoms with van der Waals surface area (Å²) in [4.78, 5) is 19.2. The van der Waals surface area contributed by atoms with Crippen LogP contribution in [0.1, 0.15) is 29.9 Å². The van der Waals surface area contributed by atoms with Gasteiger partial charge in [0.2, 0.25) is 0 Å². The topological polar surface area (TPSA) is 56.7 Å². The minimum atomic E-state index is -0.820. The third-order valence-electron chi connectivity index (χ3n) is 3.90. The summed E-state index contributed by atoms with van der Waals surface area (Å²) < 4.78 is 0. The Morgan fingerprint density at radius 2 is 2.00 bits per heavy atom. The Morgan fingerprint density at radius 3 is 2.58 bits per heavy atom. The molecule has 1 saturated heterocycles. The Kier molecular flexibility index (Phi) is 3.05. The molecule has 1 aliphatic heterocycles. The summed E-state index contributed by atoms with van der Waals surface area (Å²) >= 11 is 0. The Bertz CT molecular complexity index is 491. The van der Waals surface area contributed by atoms with Gasteiger partial charge in [-0.1, -0.05) is 6.07 Å². The van der Waals surface area contributed by atoms with E-state index in [0.717, 1.165) is 18.9 Å². The maximum absolute atomic E-state index is 10.9. The van der Waals surface area contributed by atoms with Gasteiger partial charge in [-0.05, 0) is 36.8 Å². The van der Waals surface area contributed by atoms with Crippen LogP contribution in [-0.2, 0) is 0 Å². The third kappa shape index (κ3) is 2.50. The first-order chi connectivity index (χ1) is 9.15. The number of hydrogen-bond acceptors (Lipinski definition) is 3. The largest absolute Gasteiger partial charge is 0.465 e. The summed E-state index contributed by atoms with van der Waals surface area (Å²) in [7, 11) is 0. The van der Waals surface area contributed by atoms with Gasteiger partial charge in [0.1, 0.15) is 5.82 Å². The second-order valence-corrected chi connectivity index (χ2v) is 5.46. The van der Waals surface area contributed by atoms with Gasteiger partial charge in [0.05, 0.1) is 0 Å². The maximum Gasteiger partial charge on any atom is 0.407 e. The van der Waals surface area contributed by atoms with Crippen molar-refractivity contribution in [1.29, 1.82) is 0 Å². The maximum atomic E-state index is 10.9. The highest BCUT2D eigenvalue weighted by Gasteiger charge is 2.30. The molecule has 0 bridgehead atoms. The summed E-state index contributed by atoms with van der Waals surface area (Å²) in [5.41, 5.74) is 2.55. The van der Waals surface area contributed by atoms with Crippen LogP contribution in [0, 0.1) is 6.92 Å². The fourth-order valence-corrected chi connectivity index (χ4v) is 2.65. The first-order valence-corrected chi connectivity index (χ1v) is 6.84. The SMILES string of the molecule is Cc1cnc(N2CCN(C(=O)O)CC2)c(C2CC2)c1. The first-order valence-electron chi connectivity index (χ1n) is 6.84. The molecule has 102 valence electrons. The van der Waals surface area contributed by atoms with Crippen LogP contribution in [0.4, 0.5) is 10.6 Å². The van der Waals surface area contributed by atoms with Crippen molar-refractivity contribution < 1.29 is 9.90 Å². The van der Waals surface area contributed by atoms with Gasteiger partial charge >= 0.3 is 6.09 Å². The lowest BCUT2D eigenvalue weighted by atomic mass is 10.1. The van der Waals surface area contributed by atoms with Gasteiger partial charge in [0, 0.05) is 32.4 Å². The van der Waals surface area contributed by atoms with Crippen LogP contribution < -0.4 is 4.90 Å². The van der Waals surface area contributed by atoms with E-state index in [2.05, 4.69) is 22.9 Å². The molecule has 0 unspecified atom stereocenters. The highest BCUT2D eigenvalue weighted by atomic mass is 16.4. The molecule has 1 saturated carbocycles. The van der Waals surface area contributed by atoms with E-state index in [0.29, 0.717) is 19.0 Å². The highest BCUT2D eigenvalue weighted by Crippen LogP contribution is 2.44. The van der Waals surface area contributed by atoms with Crippen LogP contribution in [0.5, 0.6) is 0 Å². The smallest absolute Gasteiger partial charge is 0.407 e. The molecule has 2 fully saturated rings. The van der Waals surface area contributed by atoms with Crippen LogP contribution >= 0.6 is 0 Å². The lowest BCUT2D eigenvalue weighted by Gasteiger charge is -2.35. The molecule has 0 radical (unpaired) electrons. The van der Waals surface area contributed by atoms with E-state index in [4.69, 9.17) is 5.11 Å². The highest BCUT2D eigenvalue weighted by molar-refractivity contribution is 5.65. The molecule has 2 aliphatic rings. The molecule has 3 rings (SSSR count). The number of pyridine rings is 1. The fraction of sp³-hybridized carbons (Fsp3) is 0.571. The van der Waals surface area contributed by atoms with Crippen LogP contribution in [0.3, 0.4) is 0 Å². The molecule has 5 nitrogen and oxygen atoms in total. The second kappa shape index (κ2) is 4.72. The van der Waals surface area contributed by atoms with Gasteiger partial charge in [-0.15, -0.1) is 0 Å². The molecule has 5 heteroatoms. The number of aromatic nitrogens is 1. The predicted octanol–water partition coefficient (Wildman–Crippen LogP) is 2.07. The zero-order chi connectivity index (χ0) is 13.4. The van der Waals surface area contributed by atoms with Crippen molar-refractivity contribution in [3.63, 3.8) is 0 Å². The van der Waals surface area contributed by atoms with Crippen LogP contribution in [0.2, 0.25) is 0 Å². The first kappa shape index (κ1) is 12.3. The number of hydrogen-bond donors (Lipinski definition) is 1. The van der Waals surface area contributed by atoms with Crippen molar-refractivity contribution in [2.24, 2.45) is 0 Å². The Morgan fingerprint density at radius 1 is 1.32 bits per heavy atom. The molecule has 1 N–H and O–H groups in total. The van der Waals surface area contributed by atoms with Crippen molar-refractivity contribution in [2.75, 3.05) is 31.1 Å². The summed E-state index contributed by atoms with van der Waals surface area (Å²) in [5.74, 6) is 1.73. The molecule has 0 aromatic carbocycles. The van der Waals surface area contributed by atoms with Gasteiger partial charge in [-0.2, -0.15) is 0 Å². The lowest BCUT2D eigenvalue weighted by molar-refractivity contribution is 0.142. The average molecular weight is 261 g/mol. The number of rotatable bonds is 2. The van der Waals surface area contributed by atoms with Gasteiger partial charge in [0.15, 0.2) is 0 Å².